The summed E-state index contributed by atoms with van der Waals surface area (Å²) in [7, 11) is -4.09. The van der Waals surface area contributed by atoms with Crippen LogP contribution in [-0.2, 0) is 26.2 Å². The van der Waals surface area contributed by atoms with Crippen molar-refractivity contribution in [3.05, 3.63) is 95.6 Å². The lowest BCUT2D eigenvalue weighted by molar-refractivity contribution is -0.139. The minimum absolute atomic E-state index is 0.0937. The van der Waals surface area contributed by atoms with E-state index in [0.717, 1.165) is 21.0 Å². The number of hydrogen-bond donors (Lipinski definition) is 1. The monoisotopic (exact) mass is 563 g/mol. The highest BCUT2D eigenvalue weighted by Gasteiger charge is 2.32. The average Bonchev–Trinajstić information content (AvgIpc) is 2.93. The van der Waals surface area contributed by atoms with Crippen LogP contribution in [0.2, 0.25) is 0 Å². The van der Waals surface area contributed by atoms with Gasteiger partial charge in [-0.25, -0.2) is 8.42 Å². The number of nitrogens with one attached hydrogen (secondary N) is 1. The third-order valence-corrected chi connectivity index (χ3v) is 8.57. The van der Waals surface area contributed by atoms with Crippen LogP contribution in [0.15, 0.2) is 83.8 Å². The molecule has 3 rings (SSSR count). The normalized spacial score (nSPS) is 12.3. The van der Waals surface area contributed by atoms with E-state index in [2.05, 4.69) is 19.2 Å². The number of carbonyl (C=O) groups is 2. The Morgan fingerprint density at radius 3 is 1.98 bits per heavy atom. The van der Waals surface area contributed by atoms with Gasteiger partial charge < -0.3 is 10.2 Å². The number of carbonyl (C=O) groups excluding carboxylic acids is 2. The zero-order chi connectivity index (χ0) is 29.4. The van der Waals surface area contributed by atoms with Crippen molar-refractivity contribution in [2.75, 3.05) is 17.4 Å². The van der Waals surface area contributed by atoms with Crippen molar-refractivity contribution in [1.29, 1.82) is 0 Å². The van der Waals surface area contributed by atoms with Gasteiger partial charge in [0.1, 0.15) is 12.6 Å². The average molecular weight is 564 g/mol. The summed E-state index contributed by atoms with van der Waals surface area (Å²) >= 11 is 0. The van der Waals surface area contributed by atoms with Crippen LogP contribution in [0, 0.1) is 12.8 Å². The first-order chi connectivity index (χ1) is 18.9. The maximum absolute atomic E-state index is 14.0. The molecule has 0 heterocycles. The molecule has 0 aliphatic heterocycles. The minimum atomic E-state index is -4.09. The van der Waals surface area contributed by atoms with Crippen LogP contribution in [0.5, 0.6) is 0 Å². The zero-order valence-electron chi connectivity index (χ0n) is 24.3. The Kier molecular flexibility index (Phi) is 10.5. The van der Waals surface area contributed by atoms with Crippen molar-refractivity contribution in [1.82, 2.24) is 10.2 Å². The van der Waals surface area contributed by atoms with Crippen molar-refractivity contribution in [2.24, 2.45) is 5.92 Å². The molecule has 40 heavy (non-hydrogen) atoms. The molecule has 0 saturated heterocycles. The van der Waals surface area contributed by atoms with Gasteiger partial charge >= 0.3 is 0 Å². The minimum Gasteiger partial charge on any atom is -0.354 e. The predicted molar refractivity (Wildman–Crippen MR) is 161 cm³/mol. The first-order valence-electron chi connectivity index (χ1n) is 13.7. The maximum atomic E-state index is 14.0. The van der Waals surface area contributed by atoms with Crippen LogP contribution >= 0.6 is 0 Å². The van der Waals surface area contributed by atoms with E-state index in [4.69, 9.17) is 0 Å². The van der Waals surface area contributed by atoms with Gasteiger partial charge in [0.05, 0.1) is 10.6 Å². The van der Waals surface area contributed by atoms with E-state index < -0.39 is 28.5 Å². The fraction of sp³-hybridized carbons (Fsp3) is 0.375. The lowest BCUT2D eigenvalue weighted by Crippen LogP contribution is -2.51. The van der Waals surface area contributed by atoms with Gasteiger partial charge in [0.2, 0.25) is 11.8 Å². The van der Waals surface area contributed by atoms with Gasteiger partial charge in [-0.15, -0.1) is 0 Å². The molecule has 0 spiro atoms. The topological polar surface area (TPSA) is 86.8 Å². The molecule has 0 saturated carbocycles. The van der Waals surface area contributed by atoms with Crippen LogP contribution in [0.1, 0.15) is 57.2 Å². The molecule has 0 unspecified atom stereocenters. The molecule has 0 bridgehead atoms. The first kappa shape index (κ1) is 30.9. The van der Waals surface area contributed by atoms with E-state index >= 15 is 0 Å². The number of nitrogens with zero attached hydrogens (tertiary/aromatic N) is 2. The van der Waals surface area contributed by atoms with E-state index in [1.54, 1.807) is 43.3 Å². The van der Waals surface area contributed by atoms with Gasteiger partial charge in [0.25, 0.3) is 10.0 Å². The molecule has 0 aromatic heterocycles. The third-order valence-electron chi connectivity index (χ3n) is 6.78. The zero-order valence-corrected chi connectivity index (χ0v) is 25.1. The molecule has 3 aromatic rings. The Morgan fingerprint density at radius 2 is 1.43 bits per heavy atom. The Balaban J connectivity index is 2.01. The summed E-state index contributed by atoms with van der Waals surface area (Å²) < 4.78 is 29.0. The summed E-state index contributed by atoms with van der Waals surface area (Å²) in [5.41, 5.74) is 3.21. The van der Waals surface area contributed by atoms with Gasteiger partial charge in [-0.2, -0.15) is 0 Å². The van der Waals surface area contributed by atoms with Gasteiger partial charge in [-0.1, -0.05) is 87.9 Å². The van der Waals surface area contributed by atoms with Crippen molar-refractivity contribution in [3.63, 3.8) is 0 Å². The van der Waals surface area contributed by atoms with Crippen molar-refractivity contribution in [2.45, 2.75) is 64.9 Å². The molecule has 1 atom stereocenters. The molecule has 0 radical (unpaired) electrons. The summed E-state index contributed by atoms with van der Waals surface area (Å²) in [4.78, 5) is 28.6. The molecule has 8 heteroatoms. The lowest BCUT2D eigenvalue weighted by atomic mass is 10.0. The summed E-state index contributed by atoms with van der Waals surface area (Å²) in [6.07, 6.45) is 0. The number of rotatable bonds is 12. The van der Waals surface area contributed by atoms with Crippen molar-refractivity contribution < 1.29 is 18.0 Å². The maximum Gasteiger partial charge on any atom is 0.264 e. The van der Waals surface area contributed by atoms with E-state index in [-0.39, 0.29) is 29.2 Å². The Bertz CT molecular complexity index is 1370. The van der Waals surface area contributed by atoms with E-state index in [1.807, 2.05) is 63.2 Å². The number of benzene rings is 3. The second kappa shape index (κ2) is 13.6. The molecule has 7 nitrogen and oxygen atoms in total. The van der Waals surface area contributed by atoms with Crippen LogP contribution in [0.25, 0.3) is 0 Å². The van der Waals surface area contributed by atoms with Crippen LogP contribution in [0.4, 0.5) is 5.69 Å². The third kappa shape index (κ3) is 7.94. The van der Waals surface area contributed by atoms with Gasteiger partial charge in [0, 0.05) is 13.1 Å². The molecular formula is C32H41N3O4S. The van der Waals surface area contributed by atoms with E-state index in [9.17, 15) is 18.0 Å². The van der Waals surface area contributed by atoms with Gasteiger partial charge in [0.15, 0.2) is 0 Å². The van der Waals surface area contributed by atoms with Crippen molar-refractivity contribution >= 4 is 27.5 Å². The number of anilines is 1. The van der Waals surface area contributed by atoms with Gasteiger partial charge in [-0.3, -0.25) is 13.9 Å². The summed E-state index contributed by atoms with van der Waals surface area (Å²) in [6, 6.07) is 22.4. The van der Waals surface area contributed by atoms with E-state index in [1.165, 1.54) is 4.90 Å². The SMILES string of the molecule is Cc1ccc(S(=O)(=O)N(CC(=O)N(Cc2ccccc2)[C@@H](C)C(=O)NCC(C)C)c2ccc(C(C)C)cc2)cc1. The summed E-state index contributed by atoms with van der Waals surface area (Å²) in [5.74, 6) is -0.241. The summed E-state index contributed by atoms with van der Waals surface area (Å²) in [5, 5.41) is 2.90. The van der Waals surface area contributed by atoms with Crippen LogP contribution in [0.3, 0.4) is 0 Å². The highest BCUT2D eigenvalue weighted by molar-refractivity contribution is 7.92. The lowest BCUT2D eigenvalue weighted by Gasteiger charge is -2.32. The molecule has 0 fully saturated rings. The molecule has 2 amide bonds. The fourth-order valence-corrected chi connectivity index (χ4v) is 5.62. The predicted octanol–water partition coefficient (Wildman–Crippen LogP) is 5.50. The number of sulfonamides is 1. The fourth-order valence-electron chi connectivity index (χ4n) is 4.21. The van der Waals surface area contributed by atoms with Crippen LogP contribution in [-0.4, -0.2) is 44.3 Å². The molecule has 1 N–H and O–H groups in total. The van der Waals surface area contributed by atoms with E-state index in [0.29, 0.717) is 12.2 Å². The largest absolute Gasteiger partial charge is 0.354 e. The molecule has 214 valence electrons. The molecular weight excluding hydrogens is 522 g/mol. The Hall–Kier alpha value is -3.65. The molecule has 0 aliphatic rings. The number of hydrogen-bond acceptors (Lipinski definition) is 4. The Labute approximate surface area is 239 Å². The van der Waals surface area contributed by atoms with Crippen molar-refractivity contribution in [3.8, 4) is 0 Å². The quantitative estimate of drug-likeness (QED) is 0.315. The smallest absolute Gasteiger partial charge is 0.264 e. The number of amides is 2. The highest BCUT2D eigenvalue weighted by Crippen LogP contribution is 2.27. The van der Waals surface area contributed by atoms with Gasteiger partial charge in [-0.05, 0) is 61.1 Å². The standard InChI is InChI=1S/C32H41N3O4S/c1-23(2)20-33-32(37)26(6)34(21-27-10-8-7-9-11-27)31(36)22-35(29-16-14-28(15-17-29)24(3)4)40(38,39)30-18-12-25(5)13-19-30/h7-19,23-24,26H,20-22H2,1-6H3,(H,33,37)/t26-/m0/s1. The summed E-state index contributed by atoms with van der Waals surface area (Å²) in [6.45, 7) is 11.9. The highest BCUT2D eigenvalue weighted by atomic mass is 32.2. The molecule has 0 aliphatic carbocycles. The second-order valence-corrected chi connectivity index (χ2v) is 12.8. The number of aryl methyl sites for hydroxylation is 1. The Morgan fingerprint density at radius 1 is 0.825 bits per heavy atom. The molecule has 3 aromatic carbocycles. The van der Waals surface area contributed by atoms with Crippen LogP contribution < -0.4 is 9.62 Å². The second-order valence-electron chi connectivity index (χ2n) is 10.9. The first-order valence-corrected chi connectivity index (χ1v) is 15.1.